The SMILES string of the molecule is COc1ccc(-c2ccc3nnc(C(C)c4ccc5nc(NC(=O)C6CC6)cn5n4)n3c2)cc1. The van der Waals surface area contributed by atoms with E-state index in [0.29, 0.717) is 11.5 Å². The highest BCUT2D eigenvalue weighted by molar-refractivity contribution is 5.93. The summed E-state index contributed by atoms with van der Waals surface area (Å²) in [7, 11) is 1.66. The number of hydrogen-bond acceptors (Lipinski definition) is 6. The van der Waals surface area contributed by atoms with E-state index in [1.54, 1.807) is 17.8 Å². The molecule has 170 valence electrons. The van der Waals surface area contributed by atoms with Gasteiger partial charge in [-0.05, 0) is 67.3 Å². The number of ether oxygens (including phenoxy) is 1. The standard InChI is InChI=1S/C25H23N7O2/c1-15(20-10-12-22-26-21(14-32(22)30-20)27-25(33)17-3-4-17)24-29-28-23-11-7-18(13-31(23)24)16-5-8-19(34-2)9-6-16/h5-15,17H,3-4H2,1-2H3,(H,27,33). The molecule has 1 amide bonds. The number of benzene rings is 1. The lowest BCUT2D eigenvalue weighted by molar-refractivity contribution is -0.117. The minimum atomic E-state index is -0.113. The van der Waals surface area contributed by atoms with Crippen molar-refractivity contribution in [3.63, 3.8) is 0 Å². The van der Waals surface area contributed by atoms with E-state index in [0.717, 1.165) is 46.9 Å². The van der Waals surface area contributed by atoms with Crippen LogP contribution in [-0.2, 0) is 4.79 Å². The fourth-order valence-corrected chi connectivity index (χ4v) is 4.05. The Morgan fingerprint density at radius 3 is 2.53 bits per heavy atom. The van der Waals surface area contributed by atoms with Crippen molar-refractivity contribution in [1.29, 1.82) is 0 Å². The van der Waals surface area contributed by atoms with Crippen LogP contribution in [0.3, 0.4) is 0 Å². The van der Waals surface area contributed by atoms with Crippen LogP contribution in [0.5, 0.6) is 5.75 Å². The number of hydrogen-bond donors (Lipinski definition) is 1. The molecule has 6 rings (SSSR count). The maximum Gasteiger partial charge on any atom is 0.228 e. The summed E-state index contributed by atoms with van der Waals surface area (Å²) in [6.07, 6.45) is 5.69. The lowest BCUT2D eigenvalue weighted by atomic mass is 10.1. The van der Waals surface area contributed by atoms with Crippen molar-refractivity contribution in [3.8, 4) is 16.9 Å². The van der Waals surface area contributed by atoms with Crippen LogP contribution in [0, 0.1) is 5.92 Å². The summed E-state index contributed by atoms with van der Waals surface area (Å²) < 4.78 is 8.97. The molecular formula is C25H23N7O2. The molecule has 1 fully saturated rings. The molecule has 1 atom stereocenters. The van der Waals surface area contributed by atoms with Crippen LogP contribution in [0.2, 0.25) is 0 Å². The largest absolute Gasteiger partial charge is 0.497 e. The van der Waals surface area contributed by atoms with E-state index in [-0.39, 0.29) is 17.7 Å². The number of carbonyl (C=O) groups is 1. The Morgan fingerprint density at radius 1 is 1.00 bits per heavy atom. The number of nitrogens with zero attached hydrogens (tertiary/aromatic N) is 6. The first-order chi connectivity index (χ1) is 16.6. The molecule has 0 saturated heterocycles. The van der Waals surface area contributed by atoms with E-state index in [9.17, 15) is 4.79 Å². The van der Waals surface area contributed by atoms with Gasteiger partial charge in [-0.15, -0.1) is 10.2 Å². The summed E-state index contributed by atoms with van der Waals surface area (Å²) in [6.45, 7) is 2.05. The van der Waals surface area contributed by atoms with E-state index in [1.165, 1.54) is 0 Å². The Morgan fingerprint density at radius 2 is 1.76 bits per heavy atom. The van der Waals surface area contributed by atoms with Gasteiger partial charge in [0.2, 0.25) is 5.91 Å². The second-order valence-electron chi connectivity index (χ2n) is 8.60. The third-order valence-corrected chi connectivity index (χ3v) is 6.22. The second-order valence-corrected chi connectivity index (χ2v) is 8.60. The van der Waals surface area contributed by atoms with Gasteiger partial charge in [0.1, 0.15) is 11.6 Å². The molecule has 0 aliphatic heterocycles. The maximum absolute atomic E-state index is 12.1. The summed E-state index contributed by atoms with van der Waals surface area (Å²) in [4.78, 5) is 16.5. The summed E-state index contributed by atoms with van der Waals surface area (Å²) in [6, 6.07) is 15.8. The van der Waals surface area contributed by atoms with Crippen molar-refractivity contribution in [2.24, 2.45) is 5.92 Å². The number of fused-ring (bicyclic) bond motifs is 2. The van der Waals surface area contributed by atoms with Crippen molar-refractivity contribution in [3.05, 3.63) is 72.4 Å². The van der Waals surface area contributed by atoms with Gasteiger partial charge in [0.15, 0.2) is 17.1 Å². The monoisotopic (exact) mass is 453 g/mol. The Balaban J connectivity index is 1.31. The van der Waals surface area contributed by atoms with Gasteiger partial charge in [0.25, 0.3) is 0 Å². The molecule has 1 unspecified atom stereocenters. The first kappa shape index (κ1) is 20.3. The van der Waals surface area contributed by atoms with Crippen molar-refractivity contribution in [2.75, 3.05) is 12.4 Å². The predicted octanol–water partition coefficient (Wildman–Crippen LogP) is 3.95. The highest BCUT2D eigenvalue weighted by atomic mass is 16.5. The fraction of sp³-hybridized carbons (Fsp3) is 0.240. The van der Waals surface area contributed by atoms with E-state index in [2.05, 4.69) is 27.4 Å². The number of nitrogens with one attached hydrogen (secondary N) is 1. The fourth-order valence-electron chi connectivity index (χ4n) is 4.05. The maximum atomic E-state index is 12.1. The van der Waals surface area contributed by atoms with Gasteiger partial charge in [-0.25, -0.2) is 9.50 Å². The molecule has 1 aliphatic rings. The summed E-state index contributed by atoms with van der Waals surface area (Å²) in [5.74, 6) is 2.17. The van der Waals surface area contributed by atoms with Crippen molar-refractivity contribution in [2.45, 2.75) is 25.7 Å². The Labute approximate surface area is 195 Å². The molecule has 0 spiro atoms. The quantitative estimate of drug-likeness (QED) is 0.418. The smallest absolute Gasteiger partial charge is 0.228 e. The average molecular weight is 454 g/mol. The summed E-state index contributed by atoms with van der Waals surface area (Å²) in [5.41, 5.74) is 4.41. The number of carbonyl (C=O) groups excluding carboxylic acids is 1. The lowest BCUT2D eigenvalue weighted by Crippen LogP contribution is -2.13. The molecule has 1 aromatic carbocycles. The van der Waals surface area contributed by atoms with Gasteiger partial charge in [-0.2, -0.15) is 5.10 Å². The minimum Gasteiger partial charge on any atom is -0.497 e. The average Bonchev–Trinajstić information content (AvgIpc) is 3.52. The zero-order valence-corrected chi connectivity index (χ0v) is 18.8. The molecule has 5 aromatic rings. The van der Waals surface area contributed by atoms with E-state index in [1.807, 2.05) is 59.1 Å². The molecule has 0 bridgehead atoms. The molecule has 1 N–H and O–H groups in total. The Kier molecular flexibility index (Phi) is 4.75. The van der Waals surface area contributed by atoms with E-state index >= 15 is 0 Å². The number of pyridine rings is 1. The molecule has 9 nitrogen and oxygen atoms in total. The van der Waals surface area contributed by atoms with Crippen molar-refractivity contribution in [1.82, 2.24) is 29.2 Å². The lowest BCUT2D eigenvalue weighted by Gasteiger charge is -2.11. The number of anilines is 1. The van der Waals surface area contributed by atoms with E-state index in [4.69, 9.17) is 9.84 Å². The van der Waals surface area contributed by atoms with E-state index < -0.39 is 0 Å². The predicted molar refractivity (Wildman–Crippen MR) is 127 cm³/mol. The molecule has 4 aromatic heterocycles. The number of rotatable bonds is 6. The van der Waals surface area contributed by atoms with Crippen LogP contribution in [-0.4, -0.2) is 42.2 Å². The first-order valence-corrected chi connectivity index (χ1v) is 11.3. The summed E-state index contributed by atoms with van der Waals surface area (Å²) >= 11 is 0. The van der Waals surface area contributed by atoms with Gasteiger partial charge < -0.3 is 10.1 Å². The van der Waals surface area contributed by atoms with Gasteiger partial charge in [0, 0.05) is 12.1 Å². The number of imidazole rings is 1. The topological polar surface area (TPSA) is 98.7 Å². The van der Waals surface area contributed by atoms with Crippen LogP contribution < -0.4 is 10.1 Å². The van der Waals surface area contributed by atoms with Crippen LogP contribution >= 0.6 is 0 Å². The van der Waals surface area contributed by atoms with Gasteiger partial charge >= 0.3 is 0 Å². The Hall–Kier alpha value is -4.27. The number of methoxy groups -OCH3 is 1. The van der Waals surface area contributed by atoms with Gasteiger partial charge in [0.05, 0.1) is 24.9 Å². The van der Waals surface area contributed by atoms with Gasteiger partial charge in [-0.1, -0.05) is 12.1 Å². The number of aromatic nitrogens is 6. The third kappa shape index (κ3) is 3.64. The molecule has 1 saturated carbocycles. The van der Waals surface area contributed by atoms with Crippen LogP contribution in [0.25, 0.3) is 22.4 Å². The first-order valence-electron chi connectivity index (χ1n) is 11.3. The zero-order chi connectivity index (χ0) is 23.2. The van der Waals surface area contributed by atoms with Crippen LogP contribution in [0.1, 0.15) is 37.2 Å². The molecule has 4 heterocycles. The molecule has 0 radical (unpaired) electrons. The third-order valence-electron chi connectivity index (χ3n) is 6.22. The zero-order valence-electron chi connectivity index (χ0n) is 18.8. The molecule has 1 aliphatic carbocycles. The molecule has 9 heteroatoms. The molecule has 34 heavy (non-hydrogen) atoms. The molecular weight excluding hydrogens is 430 g/mol. The summed E-state index contributed by atoms with van der Waals surface area (Å²) in [5, 5.41) is 16.4. The van der Waals surface area contributed by atoms with Crippen LogP contribution in [0.15, 0.2) is 60.9 Å². The number of amides is 1. The van der Waals surface area contributed by atoms with Crippen molar-refractivity contribution < 1.29 is 9.53 Å². The van der Waals surface area contributed by atoms with Crippen molar-refractivity contribution >= 4 is 23.0 Å². The van der Waals surface area contributed by atoms with Gasteiger partial charge in [-0.3, -0.25) is 9.20 Å². The van der Waals surface area contributed by atoms with Crippen LogP contribution in [0.4, 0.5) is 5.82 Å². The minimum absolute atomic E-state index is 0.0274. The highest BCUT2D eigenvalue weighted by Gasteiger charge is 2.30. The Bertz CT molecular complexity index is 1520. The highest BCUT2D eigenvalue weighted by Crippen LogP contribution is 2.30. The second kappa shape index (κ2) is 7.95. The normalized spacial score (nSPS) is 14.4.